The van der Waals surface area contributed by atoms with Gasteiger partial charge in [-0.15, -0.1) is 0 Å². The van der Waals surface area contributed by atoms with Crippen LogP contribution in [0, 0.1) is 11.6 Å². The molecular formula is C14H6BrF5O. The van der Waals surface area contributed by atoms with Gasteiger partial charge in [0.15, 0.2) is 17.4 Å². The Labute approximate surface area is 124 Å². The second-order valence-electron chi connectivity index (χ2n) is 4.15. The number of benzene rings is 2. The van der Waals surface area contributed by atoms with Crippen molar-refractivity contribution in [1.29, 1.82) is 0 Å². The molecule has 7 heteroatoms. The lowest BCUT2D eigenvalue weighted by Gasteiger charge is -2.10. The lowest BCUT2D eigenvalue weighted by molar-refractivity contribution is -0.137. The van der Waals surface area contributed by atoms with Crippen LogP contribution in [0.2, 0.25) is 0 Å². The molecular weight excluding hydrogens is 359 g/mol. The average Bonchev–Trinajstić information content (AvgIpc) is 2.40. The Morgan fingerprint density at radius 2 is 1.62 bits per heavy atom. The van der Waals surface area contributed by atoms with Crippen LogP contribution in [0.1, 0.15) is 21.5 Å². The highest BCUT2D eigenvalue weighted by atomic mass is 79.9. The van der Waals surface area contributed by atoms with Gasteiger partial charge in [0, 0.05) is 15.6 Å². The third-order valence-corrected chi connectivity index (χ3v) is 3.41. The Hall–Kier alpha value is -1.76. The van der Waals surface area contributed by atoms with Crippen molar-refractivity contribution >= 4 is 21.7 Å². The maximum atomic E-state index is 13.1. The minimum Gasteiger partial charge on any atom is -0.289 e. The van der Waals surface area contributed by atoms with Gasteiger partial charge < -0.3 is 0 Å². The van der Waals surface area contributed by atoms with Crippen molar-refractivity contribution in [2.45, 2.75) is 6.18 Å². The Bertz CT molecular complexity index is 709. The van der Waals surface area contributed by atoms with Crippen LogP contribution in [0.5, 0.6) is 0 Å². The Balaban J connectivity index is 2.50. The summed E-state index contributed by atoms with van der Waals surface area (Å²) in [4.78, 5) is 12.1. The second-order valence-corrected chi connectivity index (χ2v) is 5.00. The van der Waals surface area contributed by atoms with Crippen molar-refractivity contribution < 1.29 is 26.7 Å². The minimum atomic E-state index is -4.61. The first kappa shape index (κ1) is 15.6. The van der Waals surface area contributed by atoms with Crippen molar-refractivity contribution in [3.8, 4) is 0 Å². The lowest BCUT2D eigenvalue weighted by atomic mass is 10.0. The normalized spacial score (nSPS) is 11.5. The number of hydrogen-bond donors (Lipinski definition) is 0. The largest absolute Gasteiger partial charge is 0.416 e. The van der Waals surface area contributed by atoms with Crippen LogP contribution < -0.4 is 0 Å². The van der Waals surface area contributed by atoms with E-state index in [0.29, 0.717) is 12.1 Å². The molecule has 0 amide bonds. The van der Waals surface area contributed by atoms with Crippen LogP contribution in [0.4, 0.5) is 22.0 Å². The number of hydrogen-bond acceptors (Lipinski definition) is 1. The molecule has 0 aliphatic carbocycles. The summed E-state index contributed by atoms with van der Waals surface area (Å²) in [6, 6.07) is 4.94. The molecule has 0 atom stereocenters. The lowest BCUT2D eigenvalue weighted by Crippen LogP contribution is -2.09. The number of halogens is 6. The van der Waals surface area contributed by atoms with Gasteiger partial charge in [0.1, 0.15) is 0 Å². The molecule has 0 aliphatic heterocycles. The standard InChI is InChI=1S/C14H6BrF5O/c15-10-3-2-8(14(18,19)20)6-9(10)13(21)7-1-4-11(16)12(17)5-7/h1-6H. The molecule has 0 aliphatic rings. The zero-order chi connectivity index (χ0) is 15.8. The Morgan fingerprint density at radius 3 is 2.19 bits per heavy atom. The van der Waals surface area contributed by atoms with Gasteiger partial charge in [0.2, 0.25) is 0 Å². The third kappa shape index (κ3) is 3.29. The average molecular weight is 365 g/mol. The van der Waals surface area contributed by atoms with E-state index in [1.807, 2.05) is 0 Å². The van der Waals surface area contributed by atoms with E-state index in [1.54, 1.807) is 0 Å². The van der Waals surface area contributed by atoms with Gasteiger partial charge in [-0.1, -0.05) is 15.9 Å². The van der Waals surface area contributed by atoms with Crippen LogP contribution in [-0.2, 0) is 6.18 Å². The molecule has 110 valence electrons. The monoisotopic (exact) mass is 364 g/mol. The van der Waals surface area contributed by atoms with E-state index in [1.165, 1.54) is 0 Å². The fourth-order valence-corrected chi connectivity index (χ4v) is 2.10. The summed E-state index contributed by atoms with van der Waals surface area (Å²) >= 11 is 2.97. The van der Waals surface area contributed by atoms with Crippen LogP contribution in [0.15, 0.2) is 40.9 Å². The number of alkyl halides is 3. The predicted octanol–water partition coefficient (Wildman–Crippen LogP) is 4.98. The Kier molecular flexibility index (Phi) is 4.13. The highest BCUT2D eigenvalue weighted by Crippen LogP contribution is 2.32. The van der Waals surface area contributed by atoms with Gasteiger partial charge in [-0.2, -0.15) is 13.2 Å². The van der Waals surface area contributed by atoms with Gasteiger partial charge >= 0.3 is 6.18 Å². The molecule has 21 heavy (non-hydrogen) atoms. The first-order chi connectivity index (χ1) is 9.70. The zero-order valence-electron chi connectivity index (χ0n) is 10.1. The van der Waals surface area contributed by atoms with Crippen molar-refractivity contribution in [2.75, 3.05) is 0 Å². The molecule has 0 radical (unpaired) electrons. The Morgan fingerprint density at radius 1 is 0.952 bits per heavy atom. The molecule has 0 heterocycles. The number of carbonyl (C=O) groups is 1. The maximum Gasteiger partial charge on any atom is 0.416 e. The van der Waals surface area contributed by atoms with Crippen LogP contribution in [0.25, 0.3) is 0 Å². The van der Waals surface area contributed by atoms with E-state index in [9.17, 15) is 26.7 Å². The van der Waals surface area contributed by atoms with E-state index >= 15 is 0 Å². The van der Waals surface area contributed by atoms with Crippen molar-refractivity contribution in [1.82, 2.24) is 0 Å². The van der Waals surface area contributed by atoms with Crippen molar-refractivity contribution in [2.24, 2.45) is 0 Å². The van der Waals surface area contributed by atoms with E-state index in [-0.39, 0.29) is 15.6 Å². The molecule has 0 N–H and O–H groups in total. The summed E-state index contributed by atoms with van der Waals surface area (Å²) in [7, 11) is 0. The number of rotatable bonds is 2. The predicted molar refractivity (Wildman–Crippen MR) is 68.9 cm³/mol. The zero-order valence-corrected chi connectivity index (χ0v) is 11.7. The van der Waals surface area contributed by atoms with E-state index < -0.39 is 29.2 Å². The summed E-state index contributed by atoms with van der Waals surface area (Å²) in [5, 5.41) is 0. The summed E-state index contributed by atoms with van der Waals surface area (Å²) in [5.41, 5.74) is -1.53. The topological polar surface area (TPSA) is 17.1 Å². The molecule has 0 bridgehead atoms. The summed E-state index contributed by atoms with van der Waals surface area (Å²) < 4.78 is 64.0. The molecule has 0 saturated heterocycles. The first-order valence-electron chi connectivity index (χ1n) is 5.56. The third-order valence-electron chi connectivity index (χ3n) is 2.72. The smallest absolute Gasteiger partial charge is 0.289 e. The van der Waals surface area contributed by atoms with Gasteiger partial charge in [-0.05, 0) is 36.4 Å². The second kappa shape index (κ2) is 5.55. The highest BCUT2D eigenvalue weighted by molar-refractivity contribution is 9.10. The summed E-state index contributed by atoms with van der Waals surface area (Å²) in [5.74, 6) is -3.23. The highest BCUT2D eigenvalue weighted by Gasteiger charge is 2.31. The molecule has 0 aromatic heterocycles. The van der Waals surface area contributed by atoms with E-state index in [0.717, 1.165) is 24.3 Å². The SMILES string of the molecule is O=C(c1ccc(F)c(F)c1)c1cc(C(F)(F)F)ccc1Br. The summed E-state index contributed by atoms with van der Waals surface area (Å²) in [6.45, 7) is 0. The van der Waals surface area contributed by atoms with Crippen LogP contribution in [-0.4, -0.2) is 5.78 Å². The molecule has 0 saturated carbocycles. The van der Waals surface area contributed by atoms with E-state index in [4.69, 9.17) is 0 Å². The van der Waals surface area contributed by atoms with Crippen molar-refractivity contribution in [3.05, 3.63) is 69.2 Å². The maximum absolute atomic E-state index is 13.1. The van der Waals surface area contributed by atoms with Gasteiger partial charge in [0.25, 0.3) is 0 Å². The van der Waals surface area contributed by atoms with Crippen molar-refractivity contribution in [3.63, 3.8) is 0 Å². The fourth-order valence-electron chi connectivity index (χ4n) is 1.67. The molecule has 2 aromatic carbocycles. The summed E-state index contributed by atoms with van der Waals surface area (Å²) in [6.07, 6.45) is -4.61. The quantitative estimate of drug-likeness (QED) is 0.542. The molecule has 0 unspecified atom stereocenters. The molecule has 0 spiro atoms. The van der Waals surface area contributed by atoms with Crippen LogP contribution >= 0.6 is 15.9 Å². The fraction of sp³-hybridized carbons (Fsp3) is 0.0714. The van der Waals surface area contributed by atoms with Gasteiger partial charge in [0.05, 0.1) is 5.56 Å². The molecule has 2 aromatic rings. The first-order valence-corrected chi connectivity index (χ1v) is 6.36. The van der Waals surface area contributed by atoms with Gasteiger partial charge in [-0.25, -0.2) is 8.78 Å². The van der Waals surface area contributed by atoms with E-state index in [2.05, 4.69) is 15.9 Å². The number of carbonyl (C=O) groups excluding carboxylic acids is 1. The molecule has 2 rings (SSSR count). The van der Waals surface area contributed by atoms with Crippen LogP contribution in [0.3, 0.4) is 0 Å². The number of ketones is 1. The molecule has 1 nitrogen and oxygen atoms in total. The minimum absolute atomic E-state index is 0.130. The molecule has 0 fully saturated rings. The van der Waals surface area contributed by atoms with Gasteiger partial charge in [-0.3, -0.25) is 4.79 Å².